The molecule has 2 aromatic carbocycles. The molecule has 3 amide bonds. The van der Waals surface area contributed by atoms with Crippen molar-refractivity contribution in [3.8, 4) is 0 Å². The summed E-state index contributed by atoms with van der Waals surface area (Å²) in [6, 6.07) is 12.1. The molecule has 1 aliphatic heterocycles. The van der Waals surface area contributed by atoms with E-state index in [2.05, 4.69) is 15.6 Å². The van der Waals surface area contributed by atoms with Gasteiger partial charge in [-0.2, -0.15) is 0 Å². The number of fused-ring (bicyclic) bond motifs is 1. The van der Waals surface area contributed by atoms with Gasteiger partial charge in [0.2, 0.25) is 17.7 Å². The van der Waals surface area contributed by atoms with Crippen LogP contribution >= 0.6 is 0 Å². The average Bonchev–Trinajstić information content (AvgIpc) is 3.63. The molecule has 4 unspecified atom stereocenters. The molecule has 0 aliphatic carbocycles. The molecule has 1 aromatic heterocycles. The molecule has 222 valence electrons. The monoisotopic (exact) mass is 577 g/mol. The predicted octanol–water partition coefficient (Wildman–Crippen LogP) is 1.19. The zero-order valence-corrected chi connectivity index (χ0v) is 23.0. The molecule has 4 atom stereocenters. The molecule has 0 bridgehead atoms. The Morgan fingerprint density at radius 3 is 2.33 bits per heavy atom. The Hall–Kier alpha value is -4.71. The Morgan fingerprint density at radius 1 is 0.929 bits per heavy atom. The number of aromatic nitrogens is 1. The summed E-state index contributed by atoms with van der Waals surface area (Å²) in [5, 5.41) is 25.0. The number of carbonyl (C=O) groups excluding carboxylic acids is 3. The molecule has 0 saturated carbocycles. The Morgan fingerprint density at radius 2 is 1.62 bits per heavy atom. The number of likely N-dealkylation sites (tertiary alicyclic amines) is 1. The van der Waals surface area contributed by atoms with Crippen LogP contribution in [-0.2, 0) is 36.8 Å². The Labute approximate surface area is 242 Å². The molecular weight excluding hydrogens is 542 g/mol. The van der Waals surface area contributed by atoms with E-state index in [0.717, 1.165) is 26.9 Å². The van der Waals surface area contributed by atoms with Crippen molar-refractivity contribution in [1.29, 1.82) is 0 Å². The second-order valence-corrected chi connectivity index (χ2v) is 10.4. The summed E-state index contributed by atoms with van der Waals surface area (Å²) in [5.41, 5.74) is 8.74. The molecule has 3 aromatic rings. The fraction of sp³-hybridized carbons (Fsp3) is 0.367. The summed E-state index contributed by atoms with van der Waals surface area (Å²) >= 11 is 0. The van der Waals surface area contributed by atoms with Crippen molar-refractivity contribution in [3.05, 3.63) is 71.9 Å². The third-order valence-electron chi connectivity index (χ3n) is 7.45. The first-order valence-electron chi connectivity index (χ1n) is 13.8. The van der Waals surface area contributed by atoms with E-state index in [1.165, 1.54) is 0 Å². The maximum atomic E-state index is 13.6. The molecule has 1 aliphatic rings. The average molecular weight is 578 g/mol. The largest absolute Gasteiger partial charge is 0.481 e. The lowest BCUT2D eigenvalue weighted by Crippen LogP contribution is -2.57. The van der Waals surface area contributed by atoms with Crippen LogP contribution in [0.2, 0.25) is 0 Å². The second-order valence-electron chi connectivity index (χ2n) is 10.4. The minimum Gasteiger partial charge on any atom is -0.481 e. The highest BCUT2D eigenvalue weighted by atomic mass is 16.4. The van der Waals surface area contributed by atoms with Gasteiger partial charge in [0.25, 0.3) is 0 Å². The number of nitrogens with zero attached hydrogens (tertiary/aromatic N) is 1. The third kappa shape index (κ3) is 7.52. The maximum Gasteiger partial charge on any atom is 0.326 e. The van der Waals surface area contributed by atoms with E-state index in [0.29, 0.717) is 6.42 Å². The number of hydrogen-bond acceptors (Lipinski definition) is 6. The highest BCUT2D eigenvalue weighted by Crippen LogP contribution is 2.21. The van der Waals surface area contributed by atoms with Crippen molar-refractivity contribution in [2.45, 2.75) is 62.7 Å². The number of carboxylic acids is 2. The Balaban J connectivity index is 1.51. The number of aromatic amines is 1. The molecule has 42 heavy (non-hydrogen) atoms. The number of carbonyl (C=O) groups is 5. The van der Waals surface area contributed by atoms with Crippen LogP contribution in [0.3, 0.4) is 0 Å². The molecular formula is C30H35N5O7. The van der Waals surface area contributed by atoms with Crippen molar-refractivity contribution < 1.29 is 34.2 Å². The fourth-order valence-corrected chi connectivity index (χ4v) is 5.25. The Kier molecular flexibility index (Phi) is 9.92. The summed E-state index contributed by atoms with van der Waals surface area (Å²) in [6.45, 7) is 0.183. The summed E-state index contributed by atoms with van der Waals surface area (Å²) in [5.74, 6) is -4.29. The number of nitrogens with two attached hydrogens (primary N) is 1. The molecule has 0 radical (unpaired) electrons. The number of amides is 3. The van der Waals surface area contributed by atoms with Crippen LogP contribution in [0.5, 0.6) is 0 Å². The maximum absolute atomic E-state index is 13.6. The van der Waals surface area contributed by atoms with Crippen LogP contribution in [-0.4, -0.2) is 80.5 Å². The second kappa shape index (κ2) is 13.8. The van der Waals surface area contributed by atoms with E-state index >= 15 is 0 Å². The number of H-pyrrole nitrogens is 1. The van der Waals surface area contributed by atoms with E-state index in [1.54, 1.807) is 30.5 Å². The van der Waals surface area contributed by atoms with Crippen molar-refractivity contribution >= 4 is 40.6 Å². The fourth-order valence-electron chi connectivity index (χ4n) is 5.25. The molecule has 0 spiro atoms. The summed E-state index contributed by atoms with van der Waals surface area (Å²) < 4.78 is 0. The van der Waals surface area contributed by atoms with Crippen LogP contribution in [0.1, 0.15) is 36.8 Å². The van der Waals surface area contributed by atoms with Crippen LogP contribution in [0.4, 0.5) is 0 Å². The minimum atomic E-state index is -1.29. The highest BCUT2D eigenvalue weighted by molar-refractivity contribution is 5.95. The first-order chi connectivity index (χ1) is 20.1. The predicted molar refractivity (Wildman–Crippen MR) is 153 cm³/mol. The lowest BCUT2D eigenvalue weighted by molar-refractivity contribution is -0.150. The van der Waals surface area contributed by atoms with Crippen LogP contribution in [0, 0.1) is 0 Å². The number of carboxylic acid groups (broad SMARTS) is 2. The molecule has 12 nitrogen and oxygen atoms in total. The van der Waals surface area contributed by atoms with Crippen molar-refractivity contribution in [3.63, 3.8) is 0 Å². The van der Waals surface area contributed by atoms with Gasteiger partial charge >= 0.3 is 11.9 Å². The van der Waals surface area contributed by atoms with Crippen LogP contribution in [0.15, 0.2) is 60.8 Å². The zero-order chi connectivity index (χ0) is 30.2. The molecule has 7 N–H and O–H groups in total. The van der Waals surface area contributed by atoms with E-state index in [4.69, 9.17) is 5.73 Å². The normalized spacial score (nSPS) is 16.9. The quantitative estimate of drug-likeness (QED) is 0.174. The van der Waals surface area contributed by atoms with E-state index < -0.39 is 60.2 Å². The lowest BCUT2D eigenvalue weighted by atomic mass is 10.0. The van der Waals surface area contributed by atoms with Crippen molar-refractivity contribution in [1.82, 2.24) is 20.5 Å². The number of para-hydroxylation sites is 1. The van der Waals surface area contributed by atoms with E-state index in [9.17, 15) is 34.2 Å². The first kappa shape index (κ1) is 30.3. The van der Waals surface area contributed by atoms with Crippen molar-refractivity contribution in [2.75, 3.05) is 6.54 Å². The SMILES string of the molecule is NC(Cc1c[nH]c2ccccc12)C(=O)NC(Cc1ccccc1)C(=O)NC(CCC(=O)O)C(=O)N1CCCC1C(=O)O. The van der Waals surface area contributed by atoms with Gasteiger partial charge in [-0.25, -0.2) is 4.79 Å². The zero-order valence-electron chi connectivity index (χ0n) is 23.0. The molecule has 2 heterocycles. The van der Waals surface area contributed by atoms with Gasteiger partial charge in [-0.15, -0.1) is 0 Å². The Bertz CT molecular complexity index is 1440. The number of benzene rings is 2. The number of rotatable bonds is 13. The first-order valence-corrected chi connectivity index (χ1v) is 13.8. The van der Waals surface area contributed by atoms with Crippen LogP contribution < -0.4 is 16.4 Å². The number of nitrogens with one attached hydrogen (secondary N) is 3. The standard InChI is InChI=1S/C30H35N5O7/c31-21(16-19-17-32-22-10-5-4-9-20(19)22)27(38)34-24(15-18-7-2-1-3-8-18)28(39)33-23(12-13-26(36)37)29(40)35-14-6-11-25(35)30(41)42/h1-5,7-10,17,21,23-25,32H,6,11-16,31H2,(H,33,39)(H,34,38)(H,36,37)(H,41,42). The van der Waals surface area contributed by atoms with Crippen molar-refractivity contribution in [2.24, 2.45) is 5.73 Å². The number of hydrogen-bond donors (Lipinski definition) is 6. The van der Waals surface area contributed by atoms with Gasteiger partial charge in [-0.3, -0.25) is 19.2 Å². The third-order valence-corrected chi connectivity index (χ3v) is 7.45. The molecule has 4 rings (SSSR count). The van der Waals surface area contributed by atoms with Crippen LogP contribution in [0.25, 0.3) is 10.9 Å². The minimum absolute atomic E-state index is 0.0829. The smallest absolute Gasteiger partial charge is 0.326 e. The summed E-state index contributed by atoms with van der Waals surface area (Å²) in [7, 11) is 0. The summed E-state index contributed by atoms with van der Waals surface area (Å²) in [6.07, 6.45) is 2.15. The molecule has 12 heteroatoms. The highest BCUT2D eigenvalue weighted by Gasteiger charge is 2.38. The summed E-state index contributed by atoms with van der Waals surface area (Å²) in [4.78, 5) is 67.4. The topological polar surface area (TPSA) is 195 Å². The van der Waals surface area contributed by atoms with Gasteiger partial charge < -0.3 is 36.5 Å². The van der Waals surface area contributed by atoms with Gasteiger partial charge in [-0.05, 0) is 42.9 Å². The van der Waals surface area contributed by atoms with Gasteiger partial charge in [0, 0.05) is 36.5 Å². The van der Waals surface area contributed by atoms with Gasteiger partial charge in [-0.1, -0.05) is 48.5 Å². The number of aliphatic carboxylic acids is 2. The van der Waals surface area contributed by atoms with E-state index in [1.807, 2.05) is 30.3 Å². The van der Waals surface area contributed by atoms with Gasteiger partial charge in [0.05, 0.1) is 6.04 Å². The van der Waals surface area contributed by atoms with Gasteiger partial charge in [0.15, 0.2) is 0 Å². The lowest BCUT2D eigenvalue weighted by Gasteiger charge is -2.29. The van der Waals surface area contributed by atoms with Gasteiger partial charge in [0.1, 0.15) is 18.1 Å². The molecule has 1 saturated heterocycles. The van der Waals surface area contributed by atoms with E-state index in [-0.39, 0.29) is 32.2 Å². The molecule has 1 fully saturated rings.